The Bertz CT molecular complexity index is 1110. The van der Waals surface area contributed by atoms with Crippen LogP contribution in [0.4, 0.5) is 0 Å². The highest BCUT2D eigenvalue weighted by Crippen LogP contribution is 2.21. The lowest BCUT2D eigenvalue weighted by Gasteiger charge is -2.26. The Morgan fingerprint density at radius 1 is 1.09 bits per heavy atom. The normalized spacial score (nSPS) is 17.4. The Hall–Kier alpha value is -3.48. The van der Waals surface area contributed by atoms with Crippen LogP contribution < -0.4 is 5.32 Å². The fourth-order valence-corrected chi connectivity index (χ4v) is 4.39. The van der Waals surface area contributed by atoms with Crippen LogP contribution in [-0.4, -0.2) is 51.1 Å². The van der Waals surface area contributed by atoms with Crippen LogP contribution in [0.5, 0.6) is 0 Å². The number of nitrogens with zero attached hydrogens (tertiary/aromatic N) is 4. The first kappa shape index (κ1) is 22.7. The number of carbonyl (C=O) groups excluding carboxylic acids is 2. The number of aryl methyl sites for hydroxylation is 2. The van der Waals surface area contributed by atoms with Gasteiger partial charge in [0, 0.05) is 19.6 Å². The maximum atomic E-state index is 13.2. The summed E-state index contributed by atoms with van der Waals surface area (Å²) in [7, 11) is 0. The maximum absolute atomic E-state index is 13.2. The van der Waals surface area contributed by atoms with Gasteiger partial charge >= 0.3 is 0 Å². The molecule has 0 aliphatic carbocycles. The lowest BCUT2D eigenvalue weighted by Crippen LogP contribution is -2.41. The standard InChI is InChI=1S/C26H31N5O2/c1-18(16-31-20(3)28-19(2)29-31)26(33)30-14-13-27-25(32)24(17-30)15-21-9-11-23(12-10-21)22-7-5-4-6-8-22/h4-12,18,24H,13-17H2,1-3H3,(H,27,32)/t18-,24+/m0/s1. The van der Waals surface area contributed by atoms with E-state index in [1.165, 1.54) is 5.56 Å². The summed E-state index contributed by atoms with van der Waals surface area (Å²) in [6.07, 6.45) is 0.598. The molecule has 7 heteroatoms. The third-order valence-corrected chi connectivity index (χ3v) is 6.18. The molecule has 172 valence electrons. The molecule has 1 fully saturated rings. The van der Waals surface area contributed by atoms with Crippen LogP contribution in [0.2, 0.25) is 0 Å². The quantitative estimate of drug-likeness (QED) is 0.633. The van der Waals surface area contributed by atoms with E-state index < -0.39 is 0 Å². The van der Waals surface area contributed by atoms with Crippen molar-refractivity contribution in [2.24, 2.45) is 11.8 Å². The van der Waals surface area contributed by atoms with Gasteiger partial charge in [0.1, 0.15) is 11.6 Å². The maximum Gasteiger partial charge on any atom is 0.227 e. The largest absolute Gasteiger partial charge is 0.354 e. The summed E-state index contributed by atoms with van der Waals surface area (Å²) < 4.78 is 1.78. The Morgan fingerprint density at radius 2 is 1.79 bits per heavy atom. The number of aromatic nitrogens is 3. The molecule has 2 atom stereocenters. The summed E-state index contributed by atoms with van der Waals surface area (Å²) in [4.78, 5) is 32.1. The van der Waals surface area contributed by atoms with Gasteiger partial charge in [-0.2, -0.15) is 5.10 Å². The fourth-order valence-electron chi connectivity index (χ4n) is 4.39. The van der Waals surface area contributed by atoms with Crippen molar-refractivity contribution in [2.45, 2.75) is 33.7 Å². The molecule has 0 radical (unpaired) electrons. The summed E-state index contributed by atoms with van der Waals surface area (Å²) in [5, 5.41) is 7.35. The summed E-state index contributed by atoms with van der Waals surface area (Å²) in [6.45, 7) is 7.55. The molecule has 1 aliphatic heterocycles. The van der Waals surface area contributed by atoms with E-state index in [0.717, 1.165) is 17.0 Å². The van der Waals surface area contributed by atoms with Gasteiger partial charge in [0.2, 0.25) is 11.8 Å². The SMILES string of the molecule is Cc1nc(C)n(C[C@H](C)C(=O)N2CCNC(=O)[C@H](Cc3ccc(-c4ccccc4)cc3)C2)n1. The third-order valence-electron chi connectivity index (χ3n) is 6.18. The number of amides is 2. The van der Waals surface area contributed by atoms with Crippen LogP contribution in [0.1, 0.15) is 24.1 Å². The fraction of sp³-hybridized carbons (Fsp3) is 0.385. The van der Waals surface area contributed by atoms with Crippen molar-refractivity contribution >= 4 is 11.8 Å². The molecule has 4 rings (SSSR count). The molecule has 33 heavy (non-hydrogen) atoms. The van der Waals surface area contributed by atoms with Crippen LogP contribution in [0, 0.1) is 25.7 Å². The van der Waals surface area contributed by atoms with E-state index in [4.69, 9.17) is 0 Å². The van der Waals surface area contributed by atoms with E-state index in [0.29, 0.717) is 38.4 Å². The molecule has 1 aliphatic rings. The summed E-state index contributed by atoms with van der Waals surface area (Å²) in [5.74, 6) is 1.04. The topological polar surface area (TPSA) is 80.1 Å². The van der Waals surface area contributed by atoms with E-state index in [2.05, 4.69) is 51.8 Å². The molecule has 0 spiro atoms. The second-order valence-electron chi connectivity index (χ2n) is 8.83. The van der Waals surface area contributed by atoms with Crippen molar-refractivity contribution in [3.05, 3.63) is 71.8 Å². The highest BCUT2D eigenvalue weighted by molar-refractivity contribution is 5.83. The zero-order chi connectivity index (χ0) is 23.4. The molecule has 1 aromatic heterocycles. The van der Waals surface area contributed by atoms with Crippen molar-refractivity contribution in [2.75, 3.05) is 19.6 Å². The van der Waals surface area contributed by atoms with E-state index >= 15 is 0 Å². The smallest absolute Gasteiger partial charge is 0.227 e. The number of carbonyl (C=O) groups is 2. The van der Waals surface area contributed by atoms with Gasteiger partial charge in [0.15, 0.2) is 0 Å². The molecule has 2 heterocycles. The van der Waals surface area contributed by atoms with Gasteiger partial charge in [-0.1, -0.05) is 61.5 Å². The van der Waals surface area contributed by atoms with Gasteiger partial charge in [-0.3, -0.25) is 9.59 Å². The molecule has 2 aromatic carbocycles. The van der Waals surface area contributed by atoms with E-state index in [1.54, 1.807) is 4.68 Å². The van der Waals surface area contributed by atoms with E-state index in [9.17, 15) is 9.59 Å². The Balaban J connectivity index is 1.42. The number of benzene rings is 2. The minimum atomic E-state index is -0.276. The van der Waals surface area contributed by atoms with Gasteiger partial charge in [0.25, 0.3) is 0 Å². The summed E-state index contributed by atoms with van der Waals surface area (Å²) in [5.41, 5.74) is 3.40. The zero-order valence-corrected chi connectivity index (χ0v) is 19.5. The van der Waals surface area contributed by atoms with Gasteiger partial charge in [0.05, 0.1) is 18.4 Å². The molecule has 2 amide bonds. The average molecular weight is 446 g/mol. The van der Waals surface area contributed by atoms with Crippen LogP contribution in [0.3, 0.4) is 0 Å². The first-order valence-corrected chi connectivity index (χ1v) is 11.5. The second-order valence-corrected chi connectivity index (χ2v) is 8.83. The van der Waals surface area contributed by atoms with Crippen molar-refractivity contribution < 1.29 is 9.59 Å². The van der Waals surface area contributed by atoms with Crippen molar-refractivity contribution in [1.29, 1.82) is 0 Å². The Labute approximate surface area is 194 Å². The third kappa shape index (κ3) is 5.48. The van der Waals surface area contributed by atoms with Gasteiger partial charge in [-0.25, -0.2) is 9.67 Å². The van der Waals surface area contributed by atoms with Crippen LogP contribution in [0.15, 0.2) is 54.6 Å². The van der Waals surface area contributed by atoms with Crippen LogP contribution in [-0.2, 0) is 22.6 Å². The lowest BCUT2D eigenvalue weighted by atomic mass is 9.95. The number of hydrogen-bond donors (Lipinski definition) is 1. The highest BCUT2D eigenvalue weighted by atomic mass is 16.2. The Morgan fingerprint density at radius 3 is 2.45 bits per heavy atom. The molecular weight excluding hydrogens is 414 g/mol. The number of nitrogens with one attached hydrogen (secondary N) is 1. The monoisotopic (exact) mass is 445 g/mol. The van der Waals surface area contributed by atoms with Gasteiger partial charge in [-0.05, 0) is 37.0 Å². The second kappa shape index (κ2) is 9.98. The first-order valence-electron chi connectivity index (χ1n) is 11.5. The minimum absolute atomic E-state index is 0.00725. The van der Waals surface area contributed by atoms with Crippen LogP contribution >= 0.6 is 0 Å². The number of rotatable bonds is 6. The zero-order valence-electron chi connectivity index (χ0n) is 19.5. The van der Waals surface area contributed by atoms with Crippen molar-refractivity contribution in [3.8, 4) is 11.1 Å². The van der Waals surface area contributed by atoms with Crippen molar-refractivity contribution in [3.63, 3.8) is 0 Å². The molecule has 0 bridgehead atoms. The molecule has 1 N–H and O–H groups in total. The predicted octanol–water partition coefficient (Wildman–Crippen LogP) is 3.02. The Kier molecular flexibility index (Phi) is 6.87. The predicted molar refractivity (Wildman–Crippen MR) is 127 cm³/mol. The minimum Gasteiger partial charge on any atom is -0.354 e. The summed E-state index contributed by atoms with van der Waals surface area (Å²) in [6, 6.07) is 18.6. The van der Waals surface area contributed by atoms with Crippen molar-refractivity contribution in [1.82, 2.24) is 25.0 Å². The van der Waals surface area contributed by atoms with Gasteiger partial charge in [-0.15, -0.1) is 0 Å². The van der Waals surface area contributed by atoms with Gasteiger partial charge < -0.3 is 10.2 Å². The number of hydrogen-bond acceptors (Lipinski definition) is 4. The first-order chi connectivity index (χ1) is 15.9. The van der Waals surface area contributed by atoms with E-state index in [-0.39, 0.29) is 23.7 Å². The molecule has 3 aromatic rings. The van der Waals surface area contributed by atoms with Crippen LogP contribution in [0.25, 0.3) is 11.1 Å². The molecule has 0 saturated carbocycles. The lowest BCUT2D eigenvalue weighted by molar-refractivity contribution is -0.136. The molecule has 7 nitrogen and oxygen atoms in total. The molecule has 1 saturated heterocycles. The molecular formula is C26H31N5O2. The highest BCUT2D eigenvalue weighted by Gasteiger charge is 2.30. The average Bonchev–Trinajstić information content (AvgIpc) is 3.02. The van der Waals surface area contributed by atoms with E-state index in [1.807, 2.05) is 43.9 Å². The summed E-state index contributed by atoms with van der Waals surface area (Å²) >= 11 is 0. The molecule has 0 unspecified atom stereocenters.